The summed E-state index contributed by atoms with van der Waals surface area (Å²) in [6.45, 7) is 4.43. The second-order valence-electron chi connectivity index (χ2n) is 5.32. The van der Waals surface area contributed by atoms with Crippen molar-refractivity contribution in [3.8, 4) is 5.75 Å². The molecule has 0 bridgehead atoms. The molecule has 0 aliphatic heterocycles. The van der Waals surface area contributed by atoms with Crippen LogP contribution in [0.5, 0.6) is 5.75 Å². The second kappa shape index (κ2) is 6.58. The quantitative estimate of drug-likeness (QED) is 0.881. The molecular formula is C18H23NO. The fraction of sp³-hybridized carbons (Fsp3) is 0.333. The van der Waals surface area contributed by atoms with E-state index >= 15 is 0 Å². The molecule has 0 amide bonds. The minimum absolute atomic E-state index is 0.210. The largest absolute Gasteiger partial charge is 0.497 e. The van der Waals surface area contributed by atoms with Crippen molar-refractivity contribution in [2.75, 3.05) is 14.2 Å². The molecule has 0 heterocycles. The molecule has 2 nitrogen and oxygen atoms in total. The number of methoxy groups -OCH3 is 1. The summed E-state index contributed by atoms with van der Waals surface area (Å²) >= 11 is 0. The Morgan fingerprint density at radius 3 is 1.65 bits per heavy atom. The molecule has 2 rings (SSSR count). The Hall–Kier alpha value is -1.80. The first-order valence-corrected chi connectivity index (χ1v) is 7.06. The van der Waals surface area contributed by atoms with Gasteiger partial charge in [0.25, 0.3) is 0 Å². The van der Waals surface area contributed by atoms with E-state index in [0.29, 0.717) is 5.92 Å². The standard InChI is InChI=1S/C18H23NO/c1-13(2)14-5-7-15(8-6-14)18(19-3)16-9-11-17(20-4)12-10-16/h5-13,18-19H,1-4H3. The van der Waals surface area contributed by atoms with Crippen LogP contribution in [0.2, 0.25) is 0 Å². The molecule has 0 saturated heterocycles. The number of nitrogens with one attached hydrogen (secondary N) is 1. The van der Waals surface area contributed by atoms with Gasteiger partial charge in [-0.2, -0.15) is 0 Å². The highest BCUT2D eigenvalue weighted by Crippen LogP contribution is 2.25. The van der Waals surface area contributed by atoms with Crippen molar-refractivity contribution < 1.29 is 4.74 Å². The molecule has 1 unspecified atom stereocenters. The van der Waals surface area contributed by atoms with E-state index in [9.17, 15) is 0 Å². The van der Waals surface area contributed by atoms with Gasteiger partial charge in [0.15, 0.2) is 0 Å². The lowest BCUT2D eigenvalue weighted by molar-refractivity contribution is 0.414. The van der Waals surface area contributed by atoms with Crippen LogP contribution in [0.25, 0.3) is 0 Å². The summed E-state index contributed by atoms with van der Waals surface area (Å²) in [6, 6.07) is 17.3. The molecule has 106 valence electrons. The molecule has 0 radical (unpaired) electrons. The topological polar surface area (TPSA) is 21.3 Å². The molecule has 1 atom stereocenters. The van der Waals surface area contributed by atoms with Gasteiger partial charge in [0, 0.05) is 0 Å². The van der Waals surface area contributed by atoms with Crippen molar-refractivity contribution in [3.05, 3.63) is 65.2 Å². The molecule has 2 aromatic carbocycles. The van der Waals surface area contributed by atoms with E-state index < -0.39 is 0 Å². The highest BCUT2D eigenvalue weighted by atomic mass is 16.5. The summed E-state index contributed by atoms with van der Waals surface area (Å²) in [5, 5.41) is 3.38. The summed E-state index contributed by atoms with van der Waals surface area (Å²) in [4.78, 5) is 0. The van der Waals surface area contributed by atoms with Gasteiger partial charge in [-0.15, -0.1) is 0 Å². The highest BCUT2D eigenvalue weighted by Gasteiger charge is 2.12. The van der Waals surface area contributed by atoms with E-state index in [1.165, 1.54) is 16.7 Å². The lowest BCUT2D eigenvalue weighted by atomic mass is 9.95. The zero-order valence-electron chi connectivity index (χ0n) is 12.7. The molecule has 20 heavy (non-hydrogen) atoms. The minimum atomic E-state index is 0.210. The van der Waals surface area contributed by atoms with Gasteiger partial charge >= 0.3 is 0 Å². The van der Waals surface area contributed by atoms with Crippen molar-refractivity contribution in [3.63, 3.8) is 0 Å². The molecule has 1 N–H and O–H groups in total. The van der Waals surface area contributed by atoms with Crippen LogP contribution in [0.1, 0.15) is 42.5 Å². The first kappa shape index (κ1) is 14.6. The average molecular weight is 269 g/mol. The SMILES string of the molecule is CNC(c1ccc(OC)cc1)c1ccc(C(C)C)cc1. The monoisotopic (exact) mass is 269 g/mol. The molecule has 0 aliphatic rings. The van der Waals surface area contributed by atoms with E-state index in [0.717, 1.165) is 5.75 Å². The molecule has 0 fully saturated rings. The van der Waals surface area contributed by atoms with Gasteiger partial charge in [0.05, 0.1) is 13.2 Å². The van der Waals surface area contributed by atoms with Gasteiger partial charge in [-0.05, 0) is 41.8 Å². The number of benzene rings is 2. The lowest BCUT2D eigenvalue weighted by Gasteiger charge is -2.18. The van der Waals surface area contributed by atoms with Crippen LogP contribution in [0.3, 0.4) is 0 Å². The fourth-order valence-corrected chi connectivity index (χ4v) is 2.40. The smallest absolute Gasteiger partial charge is 0.118 e. The number of hydrogen-bond acceptors (Lipinski definition) is 2. The Kier molecular flexibility index (Phi) is 4.80. The number of hydrogen-bond donors (Lipinski definition) is 1. The minimum Gasteiger partial charge on any atom is -0.497 e. The molecule has 0 aromatic heterocycles. The predicted octanol–water partition coefficient (Wildman–Crippen LogP) is 4.13. The first-order chi connectivity index (χ1) is 9.65. The van der Waals surface area contributed by atoms with Crippen molar-refractivity contribution in [2.45, 2.75) is 25.8 Å². The van der Waals surface area contributed by atoms with Crippen LogP contribution >= 0.6 is 0 Å². The fourth-order valence-electron chi connectivity index (χ4n) is 2.40. The Labute approximate surface area is 121 Å². The van der Waals surface area contributed by atoms with Gasteiger partial charge in [-0.3, -0.25) is 0 Å². The molecule has 2 aromatic rings. The predicted molar refractivity (Wildman–Crippen MR) is 84.4 cm³/mol. The van der Waals surface area contributed by atoms with Crippen molar-refractivity contribution >= 4 is 0 Å². The van der Waals surface area contributed by atoms with Gasteiger partial charge < -0.3 is 10.1 Å². The van der Waals surface area contributed by atoms with Crippen molar-refractivity contribution in [1.82, 2.24) is 5.32 Å². The normalized spacial score (nSPS) is 12.4. The summed E-state index contributed by atoms with van der Waals surface area (Å²) in [5.74, 6) is 1.46. The third-order valence-electron chi connectivity index (χ3n) is 3.67. The molecule has 0 saturated carbocycles. The average Bonchev–Trinajstić information content (AvgIpc) is 2.49. The van der Waals surface area contributed by atoms with E-state index in [-0.39, 0.29) is 6.04 Å². The van der Waals surface area contributed by atoms with Crippen LogP contribution in [-0.2, 0) is 0 Å². The Morgan fingerprint density at radius 1 is 0.800 bits per heavy atom. The maximum Gasteiger partial charge on any atom is 0.118 e. The maximum absolute atomic E-state index is 5.21. The first-order valence-electron chi connectivity index (χ1n) is 7.06. The van der Waals surface area contributed by atoms with Crippen LogP contribution in [0, 0.1) is 0 Å². The van der Waals surface area contributed by atoms with Crippen molar-refractivity contribution in [1.29, 1.82) is 0 Å². The van der Waals surface area contributed by atoms with Gasteiger partial charge in [0.1, 0.15) is 5.75 Å². The highest BCUT2D eigenvalue weighted by molar-refractivity contribution is 5.36. The van der Waals surface area contributed by atoms with E-state index in [4.69, 9.17) is 4.74 Å². The summed E-state index contributed by atoms with van der Waals surface area (Å²) in [5.41, 5.74) is 3.89. The van der Waals surface area contributed by atoms with E-state index in [1.807, 2.05) is 19.2 Å². The van der Waals surface area contributed by atoms with E-state index in [1.54, 1.807) is 7.11 Å². The Morgan fingerprint density at radius 2 is 1.25 bits per heavy atom. The zero-order valence-corrected chi connectivity index (χ0v) is 12.7. The van der Waals surface area contributed by atoms with Crippen LogP contribution in [-0.4, -0.2) is 14.2 Å². The molecule has 0 spiro atoms. The molecular weight excluding hydrogens is 246 g/mol. The number of ether oxygens (including phenoxy) is 1. The third kappa shape index (κ3) is 3.20. The van der Waals surface area contributed by atoms with Crippen LogP contribution < -0.4 is 10.1 Å². The maximum atomic E-state index is 5.21. The molecule has 0 aliphatic carbocycles. The van der Waals surface area contributed by atoms with E-state index in [2.05, 4.69) is 55.6 Å². The third-order valence-corrected chi connectivity index (χ3v) is 3.67. The Balaban J connectivity index is 2.26. The summed E-state index contributed by atoms with van der Waals surface area (Å²) in [7, 11) is 3.68. The summed E-state index contributed by atoms with van der Waals surface area (Å²) < 4.78 is 5.21. The van der Waals surface area contributed by atoms with Gasteiger partial charge in [-0.25, -0.2) is 0 Å². The lowest BCUT2D eigenvalue weighted by Crippen LogP contribution is -2.17. The zero-order chi connectivity index (χ0) is 14.5. The van der Waals surface area contributed by atoms with Crippen molar-refractivity contribution in [2.24, 2.45) is 0 Å². The van der Waals surface area contributed by atoms with Crippen LogP contribution in [0.15, 0.2) is 48.5 Å². The number of rotatable bonds is 5. The Bertz CT molecular complexity index is 528. The second-order valence-corrected chi connectivity index (χ2v) is 5.32. The van der Waals surface area contributed by atoms with Crippen LogP contribution in [0.4, 0.5) is 0 Å². The van der Waals surface area contributed by atoms with Gasteiger partial charge in [-0.1, -0.05) is 50.2 Å². The summed E-state index contributed by atoms with van der Waals surface area (Å²) in [6.07, 6.45) is 0. The molecule has 2 heteroatoms. The van der Waals surface area contributed by atoms with Gasteiger partial charge in [0.2, 0.25) is 0 Å².